The summed E-state index contributed by atoms with van der Waals surface area (Å²) in [6, 6.07) is 0. The fourth-order valence-corrected chi connectivity index (χ4v) is 2.86. The number of hydrogen-bond acceptors (Lipinski definition) is 3. The lowest BCUT2D eigenvalue weighted by Crippen LogP contribution is -2.41. The second-order valence-corrected chi connectivity index (χ2v) is 5.59. The molecule has 1 aliphatic rings. The molecule has 0 bridgehead atoms. The highest BCUT2D eigenvalue weighted by atomic mass is 16.5. The molecule has 2 heterocycles. The molecule has 2 rings (SSSR count). The number of imidazole rings is 1. The third-order valence-corrected chi connectivity index (χ3v) is 4.06. The van der Waals surface area contributed by atoms with Gasteiger partial charge in [-0.3, -0.25) is 4.79 Å². The fraction of sp³-hybridized carbons (Fsp3) is 0.733. The molecule has 0 aromatic carbocycles. The van der Waals surface area contributed by atoms with E-state index in [-0.39, 0.29) is 5.91 Å². The molecule has 0 saturated carbocycles. The van der Waals surface area contributed by atoms with Crippen LogP contribution in [0.4, 0.5) is 0 Å². The van der Waals surface area contributed by atoms with Crippen LogP contribution in [0.3, 0.4) is 0 Å². The molecular weight excluding hydrogens is 254 g/mol. The predicted molar refractivity (Wildman–Crippen MR) is 77.4 cm³/mol. The third-order valence-electron chi connectivity index (χ3n) is 4.06. The number of amides is 1. The number of aryl methyl sites for hydroxylation is 1. The van der Waals surface area contributed by atoms with Gasteiger partial charge >= 0.3 is 0 Å². The van der Waals surface area contributed by atoms with Crippen molar-refractivity contribution in [2.45, 2.75) is 39.2 Å². The molecule has 5 nitrogen and oxygen atoms in total. The molecule has 1 saturated heterocycles. The first-order chi connectivity index (χ1) is 9.70. The first-order valence-electron chi connectivity index (χ1n) is 7.45. The number of likely N-dealkylation sites (tertiary alicyclic amines) is 1. The van der Waals surface area contributed by atoms with Gasteiger partial charge in [0.05, 0.1) is 0 Å². The summed E-state index contributed by atoms with van der Waals surface area (Å²) < 4.78 is 7.01. The first-order valence-corrected chi connectivity index (χ1v) is 7.45. The van der Waals surface area contributed by atoms with Crippen LogP contribution in [0.25, 0.3) is 0 Å². The number of carbonyl (C=O) groups excluding carboxylic acids is 1. The summed E-state index contributed by atoms with van der Waals surface area (Å²) in [5.74, 6) is 1.74. The van der Waals surface area contributed by atoms with E-state index < -0.39 is 0 Å². The Morgan fingerprint density at radius 3 is 3.10 bits per heavy atom. The molecule has 1 aliphatic heterocycles. The monoisotopic (exact) mass is 279 g/mol. The Labute approximate surface area is 120 Å². The van der Waals surface area contributed by atoms with Crippen LogP contribution in [0, 0.1) is 12.8 Å². The molecule has 5 heteroatoms. The Morgan fingerprint density at radius 2 is 2.40 bits per heavy atom. The molecular formula is C15H25N3O2. The van der Waals surface area contributed by atoms with Crippen molar-refractivity contribution in [3.05, 3.63) is 18.2 Å². The van der Waals surface area contributed by atoms with Crippen LogP contribution in [-0.2, 0) is 16.1 Å². The average Bonchev–Trinajstić information content (AvgIpc) is 2.85. The van der Waals surface area contributed by atoms with E-state index in [1.54, 1.807) is 13.3 Å². The second kappa shape index (κ2) is 7.43. The van der Waals surface area contributed by atoms with E-state index in [9.17, 15) is 4.79 Å². The SMILES string of the molecule is COCCC[C@H]1CCCN(C(=O)Cn2ccnc2C)C1. The minimum Gasteiger partial charge on any atom is -0.385 e. The van der Waals surface area contributed by atoms with E-state index in [0.29, 0.717) is 12.5 Å². The van der Waals surface area contributed by atoms with Crippen molar-refractivity contribution in [2.75, 3.05) is 26.8 Å². The van der Waals surface area contributed by atoms with E-state index in [4.69, 9.17) is 4.74 Å². The summed E-state index contributed by atoms with van der Waals surface area (Å²) >= 11 is 0. The van der Waals surface area contributed by atoms with Crippen molar-refractivity contribution in [3.8, 4) is 0 Å². The summed E-state index contributed by atoms with van der Waals surface area (Å²) in [7, 11) is 1.74. The molecule has 0 aliphatic carbocycles. The Hall–Kier alpha value is -1.36. The number of nitrogens with zero attached hydrogens (tertiary/aromatic N) is 3. The molecule has 1 fully saturated rings. The smallest absolute Gasteiger partial charge is 0.242 e. The zero-order chi connectivity index (χ0) is 14.4. The van der Waals surface area contributed by atoms with Crippen LogP contribution in [0.5, 0.6) is 0 Å². The van der Waals surface area contributed by atoms with Gasteiger partial charge in [-0.25, -0.2) is 4.98 Å². The van der Waals surface area contributed by atoms with Gasteiger partial charge in [-0.1, -0.05) is 0 Å². The number of piperidine rings is 1. The van der Waals surface area contributed by atoms with Crippen molar-refractivity contribution in [1.29, 1.82) is 0 Å². The van der Waals surface area contributed by atoms with E-state index in [1.807, 2.05) is 22.6 Å². The standard InChI is InChI=1S/C15H25N3O2/c1-13-16-7-9-17(13)12-15(19)18-8-3-5-14(11-18)6-4-10-20-2/h7,9,14H,3-6,8,10-12H2,1-2H3/t14-/m1/s1. The molecule has 1 atom stereocenters. The maximum absolute atomic E-state index is 12.3. The molecule has 0 radical (unpaired) electrons. The largest absolute Gasteiger partial charge is 0.385 e. The number of aromatic nitrogens is 2. The topological polar surface area (TPSA) is 47.4 Å². The fourth-order valence-electron chi connectivity index (χ4n) is 2.86. The van der Waals surface area contributed by atoms with Gasteiger partial charge < -0.3 is 14.2 Å². The van der Waals surface area contributed by atoms with Gasteiger partial charge in [0.15, 0.2) is 0 Å². The highest BCUT2D eigenvalue weighted by molar-refractivity contribution is 5.76. The molecule has 0 unspecified atom stereocenters. The van der Waals surface area contributed by atoms with E-state index >= 15 is 0 Å². The van der Waals surface area contributed by atoms with E-state index in [0.717, 1.165) is 44.8 Å². The molecule has 1 aromatic rings. The van der Waals surface area contributed by atoms with Crippen LogP contribution >= 0.6 is 0 Å². The van der Waals surface area contributed by atoms with Gasteiger partial charge in [-0.05, 0) is 38.5 Å². The number of carbonyl (C=O) groups is 1. The normalized spacial score (nSPS) is 19.3. The number of ether oxygens (including phenoxy) is 1. The van der Waals surface area contributed by atoms with Crippen LogP contribution in [0.1, 0.15) is 31.5 Å². The zero-order valence-corrected chi connectivity index (χ0v) is 12.5. The predicted octanol–water partition coefficient (Wildman–Crippen LogP) is 1.86. The molecule has 1 aromatic heterocycles. The first kappa shape index (κ1) is 15.0. The maximum Gasteiger partial charge on any atom is 0.242 e. The molecule has 1 amide bonds. The summed E-state index contributed by atoms with van der Waals surface area (Å²) in [4.78, 5) is 18.5. The number of rotatable bonds is 6. The van der Waals surface area contributed by atoms with Crippen molar-refractivity contribution in [2.24, 2.45) is 5.92 Å². The zero-order valence-electron chi connectivity index (χ0n) is 12.5. The maximum atomic E-state index is 12.3. The van der Waals surface area contributed by atoms with Crippen molar-refractivity contribution >= 4 is 5.91 Å². The van der Waals surface area contributed by atoms with Gasteiger partial charge in [-0.15, -0.1) is 0 Å². The van der Waals surface area contributed by atoms with Crippen LogP contribution < -0.4 is 0 Å². The van der Waals surface area contributed by atoms with Crippen molar-refractivity contribution < 1.29 is 9.53 Å². The van der Waals surface area contributed by atoms with Gasteiger partial charge in [0.1, 0.15) is 12.4 Å². The summed E-state index contributed by atoms with van der Waals surface area (Å²) in [5.41, 5.74) is 0. The highest BCUT2D eigenvalue weighted by Crippen LogP contribution is 2.21. The van der Waals surface area contributed by atoms with Crippen molar-refractivity contribution in [3.63, 3.8) is 0 Å². The van der Waals surface area contributed by atoms with Crippen LogP contribution in [-0.4, -0.2) is 47.2 Å². The summed E-state index contributed by atoms with van der Waals surface area (Å²) in [6.07, 6.45) is 8.20. The molecule has 0 N–H and O–H groups in total. The minimum absolute atomic E-state index is 0.211. The highest BCUT2D eigenvalue weighted by Gasteiger charge is 2.23. The van der Waals surface area contributed by atoms with Crippen molar-refractivity contribution in [1.82, 2.24) is 14.5 Å². The van der Waals surface area contributed by atoms with Gasteiger partial charge in [0.25, 0.3) is 0 Å². The van der Waals surface area contributed by atoms with Crippen LogP contribution in [0.2, 0.25) is 0 Å². The lowest BCUT2D eigenvalue weighted by molar-refractivity contribution is -0.133. The molecule has 112 valence electrons. The third kappa shape index (κ3) is 4.07. The lowest BCUT2D eigenvalue weighted by Gasteiger charge is -2.33. The molecule has 0 spiro atoms. The van der Waals surface area contributed by atoms with Gasteiger partial charge in [0.2, 0.25) is 5.91 Å². The molecule has 20 heavy (non-hydrogen) atoms. The Bertz CT molecular complexity index is 431. The quantitative estimate of drug-likeness (QED) is 0.747. The minimum atomic E-state index is 0.211. The Morgan fingerprint density at radius 1 is 1.55 bits per heavy atom. The second-order valence-electron chi connectivity index (χ2n) is 5.59. The Kier molecular flexibility index (Phi) is 5.59. The van der Waals surface area contributed by atoms with E-state index in [1.165, 1.54) is 6.42 Å². The van der Waals surface area contributed by atoms with E-state index in [2.05, 4.69) is 4.98 Å². The van der Waals surface area contributed by atoms with Crippen LogP contribution in [0.15, 0.2) is 12.4 Å². The lowest BCUT2D eigenvalue weighted by atomic mass is 9.93. The van der Waals surface area contributed by atoms with Gasteiger partial charge in [0, 0.05) is 39.2 Å². The summed E-state index contributed by atoms with van der Waals surface area (Å²) in [5, 5.41) is 0. The summed E-state index contributed by atoms with van der Waals surface area (Å²) in [6.45, 7) is 4.95. The number of hydrogen-bond donors (Lipinski definition) is 0. The average molecular weight is 279 g/mol. The number of methoxy groups -OCH3 is 1. The Balaban J connectivity index is 1.82. The van der Waals surface area contributed by atoms with Gasteiger partial charge in [-0.2, -0.15) is 0 Å².